The third-order valence-electron chi connectivity index (χ3n) is 4.41. The monoisotopic (exact) mass is 413 g/mol. The third kappa shape index (κ3) is 4.89. The van der Waals surface area contributed by atoms with Crippen LogP contribution in [0.5, 0.6) is 0 Å². The number of aryl methyl sites for hydroxylation is 1. The molecule has 1 N–H and O–H groups in total. The summed E-state index contributed by atoms with van der Waals surface area (Å²) >= 11 is 1.16. The van der Waals surface area contributed by atoms with E-state index in [9.17, 15) is 14.4 Å². The van der Waals surface area contributed by atoms with Gasteiger partial charge in [0.1, 0.15) is 11.4 Å². The molecular weight excluding hydrogens is 390 g/mol. The predicted octanol–water partition coefficient (Wildman–Crippen LogP) is 3.61. The average molecular weight is 413 g/mol. The van der Waals surface area contributed by atoms with Crippen LogP contribution in [0.4, 0.5) is 5.69 Å². The first kappa shape index (κ1) is 20.7. The summed E-state index contributed by atoms with van der Waals surface area (Å²) in [6.45, 7) is 5.91. The Bertz CT molecular complexity index is 1090. The molecule has 0 bridgehead atoms. The number of esters is 1. The summed E-state index contributed by atoms with van der Waals surface area (Å²) in [5, 5.41) is 3.17. The molecule has 0 spiro atoms. The van der Waals surface area contributed by atoms with E-state index in [-0.39, 0.29) is 18.0 Å². The normalized spacial score (nSPS) is 11.0. The van der Waals surface area contributed by atoms with Crippen molar-refractivity contribution in [3.63, 3.8) is 0 Å². The number of fused-ring (bicyclic) bond motifs is 1. The minimum absolute atomic E-state index is 0.208. The van der Waals surface area contributed by atoms with Gasteiger partial charge in [-0.05, 0) is 37.0 Å². The number of nitrogens with one attached hydrogen (secondary N) is 1. The minimum Gasteiger partial charge on any atom is -0.464 e. The predicted molar refractivity (Wildman–Crippen MR) is 113 cm³/mol. The number of carbonyl (C=O) groups is 2. The van der Waals surface area contributed by atoms with Crippen molar-refractivity contribution in [2.75, 3.05) is 11.9 Å². The van der Waals surface area contributed by atoms with Crippen molar-refractivity contribution >= 4 is 39.1 Å². The van der Waals surface area contributed by atoms with Gasteiger partial charge in [0.2, 0.25) is 0 Å². The van der Waals surface area contributed by atoms with E-state index in [4.69, 9.17) is 4.74 Å². The van der Waals surface area contributed by atoms with Crippen molar-refractivity contribution in [1.82, 2.24) is 9.55 Å². The molecule has 2 heterocycles. The molecule has 0 fully saturated rings. The number of carbonyl (C=O) groups excluding carboxylic acids is 2. The van der Waals surface area contributed by atoms with Gasteiger partial charge in [0.05, 0.1) is 23.2 Å². The summed E-state index contributed by atoms with van der Waals surface area (Å²) in [5.41, 5.74) is 0.866. The Kier molecular flexibility index (Phi) is 6.43. The summed E-state index contributed by atoms with van der Waals surface area (Å²) in [5.74, 6) is -0.350. The highest BCUT2D eigenvalue weighted by Crippen LogP contribution is 2.27. The lowest BCUT2D eigenvalue weighted by atomic mass is 10.1. The summed E-state index contributed by atoms with van der Waals surface area (Å²) in [4.78, 5) is 42.7. The summed E-state index contributed by atoms with van der Waals surface area (Å²) < 4.78 is 6.40. The van der Waals surface area contributed by atoms with Crippen molar-refractivity contribution in [3.8, 4) is 0 Å². The first-order chi connectivity index (χ1) is 13.9. The van der Waals surface area contributed by atoms with Gasteiger partial charge >= 0.3 is 5.97 Å². The summed E-state index contributed by atoms with van der Waals surface area (Å²) in [6.07, 6.45) is 2.09. The molecule has 29 heavy (non-hydrogen) atoms. The van der Waals surface area contributed by atoms with Crippen LogP contribution in [0.3, 0.4) is 0 Å². The Morgan fingerprint density at radius 2 is 1.97 bits per heavy atom. The van der Waals surface area contributed by atoms with Crippen LogP contribution in [0.25, 0.3) is 10.2 Å². The number of rotatable bonds is 7. The number of anilines is 1. The number of hydrogen-bond donors (Lipinski definition) is 1. The van der Waals surface area contributed by atoms with Crippen LogP contribution in [0, 0.1) is 12.8 Å². The Balaban J connectivity index is 1.81. The van der Waals surface area contributed by atoms with Gasteiger partial charge < -0.3 is 10.1 Å². The van der Waals surface area contributed by atoms with E-state index in [1.54, 1.807) is 19.1 Å². The van der Waals surface area contributed by atoms with E-state index in [2.05, 4.69) is 10.3 Å². The van der Waals surface area contributed by atoms with Gasteiger partial charge in [0, 0.05) is 5.69 Å². The van der Waals surface area contributed by atoms with Crippen LogP contribution < -0.4 is 10.9 Å². The van der Waals surface area contributed by atoms with Crippen LogP contribution in [-0.2, 0) is 16.1 Å². The fourth-order valence-corrected chi connectivity index (χ4v) is 3.83. The molecule has 8 heteroatoms. The number of hydrogen-bond acceptors (Lipinski definition) is 6. The molecule has 3 rings (SSSR count). The number of thiophene rings is 1. The zero-order chi connectivity index (χ0) is 21.0. The van der Waals surface area contributed by atoms with E-state index in [0.717, 1.165) is 17.8 Å². The van der Waals surface area contributed by atoms with Crippen LogP contribution in [0.2, 0.25) is 0 Å². The highest BCUT2D eigenvalue weighted by Gasteiger charge is 2.20. The zero-order valence-electron chi connectivity index (χ0n) is 16.6. The van der Waals surface area contributed by atoms with E-state index in [0.29, 0.717) is 38.9 Å². The van der Waals surface area contributed by atoms with E-state index >= 15 is 0 Å². The lowest BCUT2D eigenvalue weighted by Gasteiger charge is -2.08. The van der Waals surface area contributed by atoms with Crippen LogP contribution >= 0.6 is 11.3 Å². The molecule has 0 unspecified atom stereocenters. The van der Waals surface area contributed by atoms with Crippen LogP contribution in [-0.4, -0.2) is 28.0 Å². The smallest absolute Gasteiger partial charge is 0.326 e. The molecule has 0 aliphatic carbocycles. The molecular formula is C21H23N3O4S. The number of benzene rings is 1. The standard InChI is InChI=1S/C21H23N3O4S/c1-13(2)9-10-28-16(25)11-24-12-22-20-17(21(24)27)14(3)18(29-20)19(26)23-15-7-5-4-6-8-15/h4-8,12-13H,9-11H2,1-3H3,(H,23,26). The number of aromatic nitrogens is 2. The van der Waals surface area contributed by atoms with Crippen molar-refractivity contribution < 1.29 is 14.3 Å². The maximum Gasteiger partial charge on any atom is 0.326 e. The first-order valence-electron chi connectivity index (χ1n) is 9.37. The SMILES string of the molecule is Cc1c(C(=O)Nc2ccccc2)sc2ncn(CC(=O)OCCC(C)C)c(=O)c12. The molecule has 7 nitrogen and oxygen atoms in total. The van der Waals surface area contributed by atoms with Crippen molar-refractivity contribution in [2.45, 2.75) is 33.7 Å². The first-order valence-corrected chi connectivity index (χ1v) is 10.2. The quantitative estimate of drug-likeness (QED) is 0.598. The number of amides is 1. The van der Waals surface area contributed by atoms with Gasteiger partial charge in [-0.2, -0.15) is 0 Å². The zero-order valence-corrected chi connectivity index (χ0v) is 17.4. The number of ether oxygens (including phenoxy) is 1. The Morgan fingerprint density at radius 1 is 1.24 bits per heavy atom. The molecule has 1 amide bonds. The highest BCUT2D eigenvalue weighted by molar-refractivity contribution is 7.20. The number of nitrogens with zero attached hydrogens (tertiary/aromatic N) is 2. The Labute approximate surface area is 172 Å². The molecule has 3 aromatic rings. The Hall–Kier alpha value is -3.00. The Morgan fingerprint density at radius 3 is 2.66 bits per heavy atom. The van der Waals surface area contributed by atoms with Crippen molar-refractivity contribution in [1.29, 1.82) is 0 Å². The fraction of sp³-hybridized carbons (Fsp3) is 0.333. The second kappa shape index (κ2) is 9.00. The summed E-state index contributed by atoms with van der Waals surface area (Å²) in [6, 6.07) is 9.09. The van der Waals surface area contributed by atoms with Crippen LogP contribution in [0.1, 0.15) is 35.5 Å². The van der Waals surface area contributed by atoms with Crippen LogP contribution in [0.15, 0.2) is 41.5 Å². The largest absolute Gasteiger partial charge is 0.464 e. The molecule has 152 valence electrons. The summed E-state index contributed by atoms with van der Waals surface area (Å²) in [7, 11) is 0. The topological polar surface area (TPSA) is 90.3 Å². The van der Waals surface area contributed by atoms with Gasteiger partial charge in [0.25, 0.3) is 11.5 Å². The van der Waals surface area contributed by atoms with Gasteiger partial charge in [0.15, 0.2) is 0 Å². The molecule has 0 saturated heterocycles. The highest BCUT2D eigenvalue weighted by atomic mass is 32.1. The molecule has 2 aromatic heterocycles. The molecule has 1 aromatic carbocycles. The molecule has 0 saturated carbocycles. The van der Waals surface area contributed by atoms with Gasteiger partial charge in [-0.3, -0.25) is 19.0 Å². The maximum atomic E-state index is 12.9. The minimum atomic E-state index is -0.483. The van der Waals surface area contributed by atoms with Crippen molar-refractivity contribution in [2.24, 2.45) is 5.92 Å². The molecule has 0 atom stereocenters. The van der Waals surface area contributed by atoms with Gasteiger partial charge in [-0.1, -0.05) is 32.0 Å². The van der Waals surface area contributed by atoms with Gasteiger partial charge in [-0.25, -0.2) is 4.98 Å². The van der Waals surface area contributed by atoms with E-state index in [1.807, 2.05) is 32.0 Å². The third-order valence-corrected chi connectivity index (χ3v) is 5.61. The second-order valence-electron chi connectivity index (χ2n) is 7.14. The number of para-hydroxylation sites is 1. The maximum absolute atomic E-state index is 12.9. The molecule has 0 aliphatic rings. The lowest BCUT2D eigenvalue weighted by molar-refractivity contribution is -0.144. The van der Waals surface area contributed by atoms with Crippen molar-refractivity contribution in [3.05, 3.63) is 57.5 Å². The average Bonchev–Trinajstić information content (AvgIpc) is 3.02. The second-order valence-corrected chi connectivity index (χ2v) is 8.14. The van der Waals surface area contributed by atoms with Gasteiger partial charge in [-0.15, -0.1) is 11.3 Å². The fourth-order valence-electron chi connectivity index (χ4n) is 2.79. The molecule has 0 radical (unpaired) electrons. The molecule has 0 aliphatic heterocycles. The van der Waals surface area contributed by atoms with E-state index in [1.165, 1.54) is 10.9 Å². The lowest BCUT2D eigenvalue weighted by Crippen LogP contribution is -2.26. The van der Waals surface area contributed by atoms with E-state index < -0.39 is 5.97 Å².